The first-order valence-electron chi connectivity index (χ1n) is 7.24. The maximum Gasteiger partial charge on any atom is 0.166 e. The Kier molecular flexibility index (Phi) is 3.57. The number of allylic oxidation sites excluding steroid dienone is 2. The van der Waals surface area contributed by atoms with Gasteiger partial charge in [-0.15, -0.1) is 0 Å². The third kappa shape index (κ3) is 2.59. The summed E-state index contributed by atoms with van der Waals surface area (Å²) in [7, 11) is 0. The van der Waals surface area contributed by atoms with Crippen LogP contribution in [0.1, 0.15) is 30.0 Å². The molecule has 0 radical (unpaired) electrons. The van der Waals surface area contributed by atoms with Gasteiger partial charge in [0.05, 0.1) is 5.41 Å². The summed E-state index contributed by atoms with van der Waals surface area (Å²) in [4.78, 5) is 12.4. The van der Waals surface area contributed by atoms with E-state index >= 15 is 0 Å². The molecule has 0 aromatic heterocycles. The van der Waals surface area contributed by atoms with Crippen LogP contribution in [0.5, 0.6) is 0 Å². The minimum atomic E-state index is -0.462. The molecule has 0 bridgehead atoms. The highest BCUT2D eigenvalue weighted by atomic mass is 16.1. The summed E-state index contributed by atoms with van der Waals surface area (Å²) >= 11 is 0. The molecule has 2 aromatic rings. The van der Waals surface area contributed by atoms with Gasteiger partial charge in [0.15, 0.2) is 5.78 Å². The molecule has 0 amide bonds. The van der Waals surface area contributed by atoms with Crippen molar-refractivity contribution in [1.29, 1.82) is 0 Å². The minimum Gasteiger partial charge on any atom is -0.294 e. The molecule has 1 heteroatoms. The average Bonchev–Trinajstić information content (AvgIpc) is 2.53. The normalized spacial score (nSPS) is 20.7. The first-order valence-corrected chi connectivity index (χ1v) is 7.24. The van der Waals surface area contributed by atoms with Gasteiger partial charge in [-0.05, 0) is 36.1 Å². The molecule has 1 nitrogen and oxygen atoms in total. The Hall–Kier alpha value is -2.41. The average molecular weight is 274 g/mol. The zero-order valence-electron chi connectivity index (χ0n) is 12.1. The molecule has 1 aliphatic carbocycles. The van der Waals surface area contributed by atoms with E-state index < -0.39 is 5.41 Å². The fourth-order valence-electron chi connectivity index (χ4n) is 2.83. The summed E-state index contributed by atoms with van der Waals surface area (Å²) in [5.41, 5.74) is 2.97. The molecule has 1 aliphatic rings. The second kappa shape index (κ2) is 5.53. The number of ketones is 1. The Morgan fingerprint density at radius 2 is 1.67 bits per heavy atom. The lowest BCUT2D eigenvalue weighted by Crippen LogP contribution is -2.33. The fraction of sp³-hybridized carbons (Fsp3) is 0.150. The number of carbonyl (C=O) groups excluding carboxylic acids is 1. The molecule has 0 heterocycles. The van der Waals surface area contributed by atoms with Gasteiger partial charge in [-0.2, -0.15) is 0 Å². The summed E-state index contributed by atoms with van der Waals surface area (Å²) in [6.45, 7) is 2.03. The molecule has 0 spiro atoms. The van der Waals surface area contributed by atoms with Crippen molar-refractivity contribution in [3.05, 3.63) is 83.4 Å². The molecule has 0 saturated heterocycles. The van der Waals surface area contributed by atoms with Crippen molar-refractivity contribution in [2.45, 2.75) is 18.8 Å². The number of fused-ring (bicyclic) bond motifs is 1. The highest BCUT2D eigenvalue weighted by Crippen LogP contribution is 2.36. The highest BCUT2D eigenvalue weighted by Gasteiger charge is 2.35. The Morgan fingerprint density at radius 3 is 2.48 bits per heavy atom. The van der Waals surface area contributed by atoms with Crippen molar-refractivity contribution >= 4 is 17.9 Å². The first-order chi connectivity index (χ1) is 10.2. The fourth-order valence-corrected chi connectivity index (χ4v) is 2.83. The summed E-state index contributed by atoms with van der Waals surface area (Å²) < 4.78 is 0. The molecule has 0 saturated carbocycles. The molecule has 0 aliphatic heterocycles. The first kappa shape index (κ1) is 13.6. The summed E-state index contributed by atoms with van der Waals surface area (Å²) in [6, 6.07) is 18.3. The van der Waals surface area contributed by atoms with Crippen LogP contribution in [0.15, 0.2) is 66.7 Å². The standard InChI is InChI=1S/C20H18O/c1-20(15-7-10-16-8-3-2-4-9-16)18-12-6-5-11-17(18)13-14-19(20)21/h2-14H,15H2,1H3/b10-7+. The van der Waals surface area contributed by atoms with E-state index in [2.05, 4.69) is 36.4 Å². The van der Waals surface area contributed by atoms with Crippen molar-refractivity contribution in [3.8, 4) is 0 Å². The predicted molar refractivity (Wildman–Crippen MR) is 87.9 cm³/mol. The van der Waals surface area contributed by atoms with Crippen LogP contribution in [0.3, 0.4) is 0 Å². The Balaban J connectivity index is 1.88. The van der Waals surface area contributed by atoms with Crippen LogP contribution >= 0.6 is 0 Å². The third-order valence-corrected chi connectivity index (χ3v) is 4.15. The van der Waals surface area contributed by atoms with E-state index in [0.29, 0.717) is 6.42 Å². The van der Waals surface area contributed by atoms with Crippen LogP contribution in [0, 0.1) is 0 Å². The van der Waals surface area contributed by atoms with Gasteiger partial charge in [-0.1, -0.05) is 72.8 Å². The van der Waals surface area contributed by atoms with Gasteiger partial charge in [-0.25, -0.2) is 0 Å². The van der Waals surface area contributed by atoms with E-state index in [9.17, 15) is 4.79 Å². The second-order valence-electron chi connectivity index (χ2n) is 5.63. The molecule has 21 heavy (non-hydrogen) atoms. The highest BCUT2D eigenvalue weighted by molar-refractivity contribution is 6.05. The van der Waals surface area contributed by atoms with Gasteiger partial charge < -0.3 is 0 Å². The van der Waals surface area contributed by atoms with Crippen LogP contribution in [0.4, 0.5) is 0 Å². The van der Waals surface area contributed by atoms with Crippen LogP contribution in [0.25, 0.3) is 12.2 Å². The third-order valence-electron chi connectivity index (χ3n) is 4.15. The molecule has 1 unspecified atom stereocenters. The zero-order valence-corrected chi connectivity index (χ0v) is 12.1. The largest absolute Gasteiger partial charge is 0.294 e. The number of hydrogen-bond donors (Lipinski definition) is 0. The quantitative estimate of drug-likeness (QED) is 0.796. The lowest BCUT2D eigenvalue weighted by Gasteiger charge is -2.30. The molecule has 0 N–H and O–H groups in total. The van der Waals surface area contributed by atoms with E-state index in [1.165, 1.54) is 0 Å². The van der Waals surface area contributed by atoms with Crippen LogP contribution < -0.4 is 0 Å². The van der Waals surface area contributed by atoms with Crippen molar-refractivity contribution < 1.29 is 4.79 Å². The van der Waals surface area contributed by atoms with E-state index in [-0.39, 0.29) is 5.78 Å². The molecule has 104 valence electrons. The van der Waals surface area contributed by atoms with Crippen LogP contribution in [-0.4, -0.2) is 5.78 Å². The predicted octanol–water partition coefficient (Wildman–Crippen LogP) is 4.64. The summed E-state index contributed by atoms with van der Waals surface area (Å²) in [5, 5.41) is 0. The molecule has 3 rings (SSSR count). The Labute approximate surface area is 125 Å². The maximum atomic E-state index is 12.4. The van der Waals surface area contributed by atoms with Crippen molar-refractivity contribution in [1.82, 2.24) is 0 Å². The maximum absolute atomic E-state index is 12.4. The van der Waals surface area contributed by atoms with Crippen LogP contribution in [-0.2, 0) is 10.2 Å². The lowest BCUT2D eigenvalue weighted by molar-refractivity contribution is -0.119. The van der Waals surface area contributed by atoms with E-state index in [1.54, 1.807) is 6.08 Å². The lowest BCUT2D eigenvalue weighted by atomic mass is 9.71. The van der Waals surface area contributed by atoms with Crippen molar-refractivity contribution in [2.75, 3.05) is 0 Å². The monoisotopic (exact) mass is 274 g/mol. The molecular formula is C20H18O. The van der Waals surface area contributed by atoms with Gasteiger partial charge in [0, 0.05) is 0 Å². The topological polar surface area (TPSA) is 17.1 Å². The number of hydrogen-bond acceptors (Lipinski definition) is 1. The van der Waals surface area contributed by atoms with Crippen molar-refractivity contribution in [2.24, 2.45) is 0 Å². The Bertz CT molecular complexity index is 710. The van der Waals surface area contributed by atoms with Gasteiger partial charge in [-0.3, -0.25) is 4.79 Å². The van der Waals surface area contributed by atoms with Gasteiger partial charge in [0.25, 0.3) is 0 Å². The van der Waals surface area contributed by atoms with Gasteiger partial charge >= 0.3 is 0 Å². The Morgan fingerprint density at radius 1 is 0.952 bits per heavy atom. The number of rotatable bonds is 3. The van der Waals surface area contributed by atoms with Crippen molar-refractivity contribution in [3.63, 3.8) is 0 Å². The van der Waals surface area contributed by atoms with Crippen LogP contribution in [0.2, 0.25) is 0 Å². The summed E-state index contributed by atoms with van der Waals surface area (Å²) in [6.07, 6.45) is 8.52. The zero-order chi connectivity index (χ0) is 14.7. The number of carbonyl (C=O) groups is 1. The SMILES string of the molecule is CC1(C/C=C/c2ccccc2)C(=O)C=Cc2ccccc21. The smallest absolute Gasteiger partial charge is 0.166 e. The molecule has 1 atom stereocenters. The molecule has 2 aromatic carbocycles. The second-order valence-corrected chi connectivity index (χ2v) is 5.63. The van der Waals surface area contributed by atoms with E-state index in [0.717, 1.165) is 16.7 Å². The van der Waals surface area contributed by atoms with Gasteiger partial charge in [0.1, 0.15) is 0 Å². The van der Waals surface area contributed by atoms with E-state index in [4.69, 9.17) is 0 Å². The number of benzene rings is 2. The molecule has 0 fully saturated rings. The van der Waals surface area contributed by atoms with Gasteiger partial charge in [0.2, 0.25) is 0 Å². The summed E-state index contributed by atoms with van der Waals surface area (Å²) in [5.74, 6) is 0.180. The van der Waals surface area contributed by atoms with E-state index in [1.807, 2.05) is 43.3 Å². The molecular weight excluding hydrogens is 256 g/mol. The minimum absolute atomic E-state index is 0.180.